The van der Waals surface area contributed by atoms with Gasteiger partial charge in [0.2, 0.25) is 5.88 Å². The summed E-state index contributed by atoms with van der Waals surface area (Å²) in [5, 5.41) is 33.9. The molecule has 13 nitrogen and oxygen atoms in total. The van der Waals surface area contributed by atoms with Crippen LogP contribution in [-0.2, 0) is 0 Å². The van der Waals surface area contributed by atoms with Crippen LogP contribution in [0.15, 0.2) is 53.1 Å². The number of carbonyl (C=O) groups excluding carboxylic acids is 2. The van der Waals surface area contributed by atoms with Gasteiger partial charge in [0.25, 0.3) is 17.3 Å². The first-order valence-electron chi connectivity index (χ1n) is 8.66. The normalized spacial score (nSPS) is 10.2. The molecule has 3 amide bonds. The Kier molecular flexibility index (Phi) is 7.10. The molecule has 0 aliphatic carbocycles. The van der Waals surface area contributed by atoms with Crippen LogP contribution in [0.3, 0.4) is 0 Å². The molecule has 33 heavy (non-hydrogen) atoms. The van der Waals surface area contributed by atoms with E-state index in [-0.39, 0.29) is 22.3 Å². The predicted octanol–water partition coefficient (Wildman–Crippen LogP) is 4.46. The van der Waals surface area contributed by atoms with Gasteiger partial charge in [0, 0.05) is 17.8 Å². The van der Waals surface area contributed by atoms with Crippen LogP contribution >= 0.6 is 27.5 Å². The average molecular weight is 538 g/mol. The highest BCUT2D eigenvalue weighted by atomic mass is 79.9. The third-order valence-electron chi connectivity index (χ3n) is 3.87. The number of benzene rings is 2. The molecule has 3 rings (SSSR count). The number of nitro groups is 2. The highest BCUT2D eigenvalue weighted by molar-refractivity contribution is 9.10. The van der Waals surface area contributed by atoms with Gasteiger partial charge in [0.05, 0.1) is 20.9 Å². The van der Waals surface area contributed by atoms with Crippen LogP contribution in [0.25, 0.3) is 0 Å². The number of nitrogens with zero attached hydrogens (tertiary/aromatic N) is 4. The molecular weight excluding hydrogens is 528 g/mol. The van der Waals surface area contributed by atoms with Crippen molar-refractivity contribution < 1.29 is 24.2 Å². The lowest BCUT2D eigenvalue weighted by atomic mass is 10.1. The number of urea groups is 1. The van der Waals surface area contributed by atoms with E-state index in [1.54, 1.807) is 12.1 Å². The zero-order chi connectivity index (χ0) is 24.1. The topological polar surface area (TPSA) is 179 Å². The van der Waals surface area contributed by atoms with Gasteiger partial charge in [-0.05, 0) is 46.3 Å². The molecule has 0 saturated heterocycles. The lowest BCUT2D eigenvalue weighted by Gasteiger charge is -2.10. The number of anilines is 1. The maximum absolute atomic E-state index is 12.3. The van der Waals surface area contributed by atoms with Crippen molar-refractivity contribution in [3.05, 3.63) is 83.9 Å². The zero-order valence-electron chi connectivity index (χ0n) is 16.0. The van der Waals surface area contributed by atoms with Crippen molar-refractivity contribution in [2.24, 2.45) is 0 Å². The van der Waals surface area contributed by atoms with E-state index in [9.17, 15) is 29.8 Å². The molecule has 2 N–H and O–H groups in total. The lowest BCUT2D eigenvalue weighted by molar-refractivity contribution is -0.394. The average Bonchev–Trinajstić information content (AvgIpc) is 2.76. The van der Waals surface area contributed by atoms with E-state index < -0.39 is 38.7 Å². The van der Waals surface area contributed by atoms with Crippen LogP contribution in [0, 0.1) is 20.2 Å². The number of hydrogen-bond acceptors (Lipinski definition) is 9. The molecule has 0 atom stereocenters. The molecule has 1 heterocycles. The number of non-ortho nitro benzene ring substituents is 1. The van der Waals surface area contributed by atoms with E-state index in [0.29, 0.717) is 10.7 Å². The standard InChI is InChI=1S/C18H10BrClN6O7/c19-15-5-6-16(24-23-15)33-14-4-1-9(7-12(14)20)21-18(28)22-17(27)11-3-2-10(25(29)30)8-13(11)26(31)32/h1-8H,(H2,21,22,27,28). The summed E-state index contributed by atoms with van der Waals surface area (Å²) in [7, 11) is 0. The second kappa shape index (κ2) is 9.97. The molecule has 0 bridgehead atoms. The van der Waals surface area contributed by atoms with E-state index >= 15 is 0 Å². The van der Waals surface area contributed by atoms with E-state index in [1.165, 1.54) is 18.2 Å². The zero-order valence-corrected chi connectivity index (χ0v) is 18.4. The Bertz CT molecular complexity index is 1270. The third kappa shape index (κ3) is 5.96. The number of aromatic nitrogens is 2. The van der Waals surface area contributed by atoms with Crippen LogP contribution in [0.1, 0.15) is 10.4 Å². The summed E-state index contributed by atoms with van der Waals surface area (Å²) in [5.41, 5.74) is -1.75. The van der Waals surface area contributed by atoms with Crippen LogP contribution in [0.5, 0.6) is 11.6 Å². The van der Waals surface area contributed by atoms with Gasteiger partial charge < -0.3 is 10.1 Å². The third-order valence-corrected chi connectivity index (χ3v) is 4.59. The van der Waals surface area contributed by atoms with Crippen LogP contribution in [0.2, 0.25) is 5.02 Å². The predicted molar refractivity (Wildman–Crippen MR) is 117 cm³/mol. The monoisotopic (exact) mass is 536 g/mol. The minimum absolute atomic E-state index is 0.106. The maximum Gasteiger partial charge on any atom is 0.326 e. The van der Waals surface area contributed by atoms with E-state index in [1.807, 2.05) is 5.32 Å². The van der Waals surface area contributed by atoms with E-state index in [4.69, 9.17) is 16.3 Å². The number of nitro benzene ring substituents is 2. The quantitative estimate of drug-likeness (QED) is 0.339. The number of imide groups is 1. The van der Waals surface area contributed by atoms with Gasteiger partial charge in [0.15, 0.2) is 0 Å². The van der Waals surface area contributed by atoms with Crippen molar-refractivity contribution >= 4 is 56.5 Å². The van der Waals surface area contributed by atoms with E-state index in [0.717, 1.165) is 12.1 Å². The van der Waals surface area contributed by atoms with Crippen LogP contribution < -0.4 is 15.4 Å². The maximum atomic E-state index is 12.3. The Morgan fingerprint density at radius 2 is 1.76 bits per heavy atom. The Hall–Kier alpha value is -4.17. The first kappa shape index (κ1) is 23.5. The van der Waals surface area contributed by atoms with Gasteiger partial charge in [0.1, 0.15) is 15.9 Å². The number of ether oxygens (including phenoxy) is 1. The number of halogens is 2. The number of carbonyl (C=O) groups is 2. The molecule has 168 valence electrons. The van der Waals surface area contributed by atoms with Gasteiger partial charge in [-0.1, -0.05) is 11.6 Å². The minimum atomic E-state index is -1.13. The number of nitrogens with one attached hydrogen (secondary N) is 2. The molecule has 15 heteroatoms. The molecular formula is C18H10BrClN6O7. The molecule has 0 spiro atoms. The summed E-state index contributed by atoms with van der Waals surface area (Å²) >= 11 is 9.28. The summed E-state index contributed by atoms with van der Waals surface area (Å²) in [5.74, 6) is -0.736. The van der Waals surface area contributed by atoms with Crippen molar-refractivity contribution in [1.29, 1.82) is 0 Å². The highest BCUT2D eigenvalue weighted by Crippen LogP contribution is 2.31. The van der Waals surface area contributed by atoms with Crippen molar-refractivity contribution in [1.82, 2.24) is 15.5 Å². The summed E-state index contributed by atoms with van der Waals surface area (Å²) in [6.45, 7) is 0. The molecule has 2 aromatic carbocycles. The van der Waals surface area contributed by atoms with Gasteiger partial charge in [-0.15, -0.1) is 10.2 Å². The van der Waals surface area contributed by atoms with Crippen molar-refractivity contribution in [3.8, 4) is 11.6 Å². The first-order chi connectivity index (χ1) is 15.6. The molecule has 0 fully saturated rings. The minimum Gasteiger partial charge on any atom is -0.436 e. The fourth-order valence-electron chi connectivity index (χ4n) is 2.44. The SMILES string of the molecule is O=C(NC(=O)c1ccc([N+](=O)[O-])cc1[N+](=O)[O-])Nc1ccc(Oc2ccc(Br)nn2)c(Cl)c1. The Balaban J connectivity index is 1.69. The Morgan fingerprint density at radius 1 is 1.00 bits per heavy atom. The fraction of sp³-hybridized carbons (Fsp3) is 0. The molecule has 0 aliphatic heterocycles. The Labute approximate surface area is 197 Å². The smallest absolute Gasteiger partial charge is 0.326 e. The lowest BCUT2D eigenvalue weighted by Crippen LogP contribution is -2.34. The van der Waals surface area contributed by atoms with Crippen LogP contribution in [0.4, 0.5) is 21.9 Å². The van der Waals surface area contributed by atoms with Crippen molar-refractivity contribution in [2.75, 3.05) is 5.32 Å². The Morgan fingerprint density at radius 3 is 2.36 bits per heavy atom. The van der Waals surface area contributed by atoms with E-state index in [2.05, 4.69) is 31.4 Å². The second-order valence-electron chi connectivity index (χ2n) is 6.07. The second-order valence-corrected chi connectivity index (χ2v) is 7.29. The molecule has 0 aliphatic rings. The van der Waals surface area contributed by atoms with Crippen LogP contribution in [-0.4, -0.2) is 32.0 Å². The van der Waals surface area contributed by atoms with Gasteiger partial charge in [-0.25, -0.2) is 4.79 Å². The summed E-state index contributed by atoms with van der Waals surface area (Å²) in [6.07, 6.45) is 0. The van der Waals surface area contributed by atoms with Crippen molar-refractivity contribution in [3.63, 3.8) is 0 Å². The summed E-state index contributed by atoms with van der Waals surface area (Å²) < 4.78 is 6.00. The molecule has 1 aromatic heterocycles. The molecule has 0 unspecified atom stereocenters. The highest BCUT2D eigenvalue weighted by Gasteiger charge is 2.25. The first-order valence-corrected chi connectivity index (χ1v) is 9.83. The molecule has 0 radical (unpaired) electrons. The van der Waals surface area contributed by atoms with Gasteiger partial charge in [-0.2, -0.15) is 0 Å². The summed E-state index contributed by atoms with van der Waals surface area (Å²) in [4.78, 5) is 44.6. The fourth-order valence-corrected chi connectivity index (χ4v) is 2.87. The molecule has 3 aromatic rings. The largest absolute Gasteiger partial charge is 0.436 e. The molecule has 0 saturated carbocycles. The number of rotatable bonds is 6. The van der Waals surface area contributed by atoms with Crippen molar-refractivity contribution in [2.45, 2.75) is 0 Å². The summed E-state index contributed by atoms with van der Waals surface area (Å²) in [6, 6.07) is 8.76. The van der Waals surface area contributed by atoms with Gasteiger partial charge >= 0.3 is 6.03 Å². The number of hydrogen-bond donors (Lipinski definition) is 2. The number of amides is 3. The van der Waals surface area contributed by atoms with Gasteiger partial charge in [-0.3, -0.25) is 30.3 Å².